The monoisotopic (exact) mass is 550 g/mol. The van der Waals surface area contributed by atoms with Crippen LogP contribution in [0.25, 0.3) is 22.0 Å². The molecular formula is C31H27F5N4. The number of alkyl halides is 5. The highest BCUT2D eigenvalue weighted by molar-refractivity contribution is 6.06. The molecular weight excluding hydrogens is 523 g/mol. The van der Waals surface area contributed by atoms with E-state index in [2.05, 4.69) is 34.7 Å². The molecule has 0 saturated heterocycles. The fourth-order valence-electron chi connectivity index (χ4n) is 5.05. The predicted molar refractivity (Wildman–Crippen MR) is 148 cm³/mol. The Bertz CT molecular complexity index is 1620. The molecule has 0 aliphatic rings. The first-order valence-electron chi connectivity index (χ1n) is 12.3. The molecule has 0 aliphatic carbocycles. The smallest absolute Gasteiger partial charge is 0.337 e. The van der Waals surface area contributed by atoms with Gasteiger partial charge in [0.1, 0.15) is 5.69 Å². The third kappa shape index (κ3) is 4.87. The van der Waals surface area contributed by atoms with E-state index in [0.717, 1.165) is 6.08 Å². The van der Waals surface area contributed by atoms with Crippen LogP contribution in [0.2, 0.25) is 0 Å². The van der Waals surface area contributed by atoms with Gasteiger partial charge in [-0.15, -0.1) is 6.58 Å². The summed E-state index contributed by atoms with van der Waals surface area (Å²) in [4.78, 5) is 12.7. The molecule has 0 radical (unpaired) electrons. The number of halogens is 5. The highest BCUT2D eigenvalue weighted by atomic mass is 19.4. The molecule has 2 aromatic carbocycles. The Morgan fingerprint density at radius 3 is 2.27 bits per heavy atom. The van der Waals surface area contributed by atoms with E-state index in [9.17, 15) is 13.2 Å². The maximum Gasteiger partial charge on any atom is 0.417 e. The molecule has 0 aliphatic heterocycles. The van der Waals surface area contributed by atoms with Crippen LogP contribution in [0.15, 0.2) is 104 Å². The molecule has 0 saturated carbocycles. The summed E-state index contributed by atoms with van der Waals surface area (Å²) in [6, 6.07) is 11.5. The number of aromatic nitrogens is 3. The van der Waals surface area contributed by atoms with Gasteiger partial charge in [-0.25, -0.2) is 9.97 Å². The van der Waals surface area contributed by atoms with Crippen molar-refractivity contribution in [2.45, 2.75) is 30.9 Å². The summed E-state index contributed by atoms with van der Waals surface area (Å²) >= 11 is 0. The van der Waals surface area contributed by atoms with Gasteiger partial charge in [0, 0.05) is 36.8 Å². The molecule has 2 aromatic heterocycles. The molecule has 0 spiro atoms. The third-order valence-electron chi connectivity index (χ3n) is 6.92. The number of aliphatic imine (C=N–C) groups is 1. The van der Waals surface area contributed by atoms with E-state index < -0.39 is 40.8 Å². The number of hydrogen-bond acceptors (Lipinski definition) is 3. The summed E-state index contributed by atoms with van der Waals surface area (Å²) < 4.78 is 77.4. The van der Waals surface area contributed by atoms with Crippen LogP contribution in [0, 0.1) is 0 Å². The van der Waals surface area contributed by atoms with E-state index in [1.165, 1.54) is 48.7 Å². The maximum atomic E-state index is 15.4. The molecule has 2 heterocycles. The average molecular weight is 551 g/mol. The van der Waals surface area contributed by atoms with Gasteiger partial charge in [-0.3, -0.25) is 4.99 Å². The quantitative estimate of drug-likeness (QED) is 0.119. The zero-order chi connectivity index (χ0) is 29.3. The van der Waals surface area contributed by atoms with Gasteiger partial charge in [-0.1, -0.05) is 55.6 Å². The van der Waals surface area contributed by atoms with E-state index in [1.54, 1.807) is 43.2 Å². The van der Waals surface area contributed by atoms with Gasteiger partial charge in [0.15, 0.2) is 0 Å². The van der Waals surface area contributed by atoms with Crippen molar-refractivity contribution in [2.24, 2.45) is 12.0 Å². The van der Waals surface area contributed by atoms with E-state index >= 15 is 8.78 Å². The predicted octanol–water partition coefficient (Wildman–Crippen LogP) is 8.40. The Morgan fingerprint density at radius 2 is 1.73 bits per heavy atom. The summed E-state index contributed by atoms with van der Waals surface area (Å²) in [5.41, 5.74) is -2.77. The highest BCUT2D eigenvalue weighted by Crippen LogP contribution is 2.48. The number of hydrogen-bond donors (Lipinski definition) is 0. The van der Waals surface area contributed by atoms with Gasteiger partial charge in [-0.05, 0) is 36.3 Å². The second-order valence-electron chi connectivity index (χ2n) is 9.42. The minimum atomic E-state index is -5.00. The Morgan fingerprint density at radius 1 is 1.02 bits per heavy atom. The number of rotatable bonds is 9. The molecule has 1 atom stereocenters. The number of fused-ring (bicyclic) bond motifs is 1. The molecule has 4 nitrogen and oxygen atoms in total. The van der Waals surface area contributed by atoms with Crippen molar-refractivity contribution in [1.82, 2.24) is 14.5 Å². The number of benzene rings is 2. The summed E-state index contributed by atoms with van der Waals surface area (Å²) in [6.45, 7) is 12.6. The van der Waals surface area contributed by atoms with Gasteiger partial charge in [0.05, 0.1) is 34.2 Å². The molecule has 0 N–H and O–H groups in total. The van der Waals surface area contributed by atoms with E-state index in [1.807, 2.05) is 0 Å². The van der Waals surface area contributed by atoms with Crippen LogP contribution in [0.4, 0.5) is 22.0 Å². The number of aryl methyl sites for hydroxylation is 1. The fraction of sp³-hybridized carbons (Fsp3) is 0.194. The van der Waals surface area contributed by atoms with Crippen LogP contribution in [0.1, 0.15) is 35.9 Å². The average Bonchev–Trinajstić information content (AvgIpc) is 3.36. The topological polar surface area (TPSA) is 43.1 Å². The van der Waals surface area contributed by atoms with Gasteiger partial charge in [0.2, 0.25) is 0 Å². The van der Waals surface area contributed by atoms with Crippen LogP contribution in [-0.2, 0) is 24.6 Å². The molecule has 4 rings (SSSR count). The summed E-state index contributed by atoms with van der Waals surface area (Å²) in [5, 5.41) is -0.322. The standard InChI is InChI=1S/C31H27F5N4/c1-6-16-30(32,33)28-26(20-12-10-9-11-13-20)27(31(34,35)36)22-17-21(14-15-23(22)39-28)29(4,24(7-2)38-8-3)25-18-37-19-40(25)5/h6-15,17-19H,1-3,16H2,4-5H3. The van der Waals surface area contributed by atoms with Crippen molar-refractivity contribution in [3.8, 4) is 11.1 Å². The number of nitrogens with zero attached hydrogens (tertiary/aromatic N) is 4. The van der Waals surface area contributed by atoms with Gasteiger partial charge < -0.3 is 4.57 Å². The van der Waals surface area contributed by atoms with Crippen molar-refractivity contribution in [2.75, 3.05) is 0 Å². The SMILES string of the molecule is C=CCC(F)(F)c1nc2ccc(C(C)(C(C=C)=NC=C)c3cncn3C)cc2c(C(F)(F)F)c1-c1ccccc1. The Labute approximate surface area is 228 Å². The maximum absolute atomic E-state index is 15.4. The van der Waals surface area contributed by atoms with Crippen LogP contribution in [0.5, 0.6) is 0 Å². The Kier molecular flexibility index (Phi) is 7.61. The van der Waals surface area contributed by atoms with Gasteiger partial charge >= 0.3 is 6.18 Å². The molecule has 40 heavy (non-hydrogen) atoms. The molecule has 206 valence electrons. The van der Waals surface area contributed by atoms with Crippen molar-refractivity contribution in [3.05, 3.63) is 122 Å². The summed E-state index contributed by atoms with van der Waals surface area (Å²) in [7, 11) is 1.75. The molecule has 0 amide bonds. The van der Waals surface area contributed by atoms with Crippen LogP contribution in [0.3, 0.4) is 0 Å². The Hall–Kier alpha value is -4.40. The minimum Gasteiger partial charge on any atom is -0.337 e. The highest BCUT2D eigenvalue weighted by Gasteiger charge is 2.44. The molecule has 4 aromatic rings. The van der Waals surface area contributed by atoms with Crippen molar-refractivity contribution >= 4 is 16.6 Å². The van der Waals surface area contributed by atoms with Crippen molar-refractivity contribution in [1.29, 1.82) is 0 Å². The fourth-order valence-corrected chi connectivity index (χ4v) is 5.05. The zero-order valence-corrected chi connectivity index (χ0v) is 22.0. The largest absolute Gasteiger partial charge is 0.417 e. The van der Waals surface area contributed by atoms with Crippen LogP contribution >= 0.6 is 0 Å². The van der Waals surface area contributed by atoms with Crippen LogP contribution < -0.4 is 0 Å². The Balaban J connectivity index is 2.19. The molecule has 0 bridgehead atoms. The lowest BCUT2D eigenvalue weighted by Crippen LogP contribution is -2.35. The van der Waals surface area contributed by atoms with E-state index in [4.69, 9.17) is 0 Å². The first-order chi connectivity index (χ1) is 18.9. The lowest BCUT2D eigenvalue weighted by atomic mass is 9.74. The van der Waals surface area contributed by atoms with Crippen molar-refractivity contribution in [3.63, 3.8) is 0 Å². The lowest BCUT2D eigenvalue weighted by molar-refractivity contribution is -0.136. The molecule has 0 fully saturated rings. The van der Waals surface area contributed by atoms with Gasteiger partial charge in [-0.2, -0.15) is 22.0 Å². The number of allylic oxidation sites excluding steroid dienone is 2. The molecule has 1 unspecified atom stereocenters. The van der Waals surface area contributed by atoms with Crippen molar-refractivity contribution < 1.29 is 22.0 Å². The number of imidazole rings is 1. The minimum absolute atomic E-state index is 0.0252. The van der Waals surface area contributed by atoms with E-state index in [0.29, 0.717) is 17.0 Å². The van der Waals surface area contributed by atoms with Crippen LogP contribution in [-0.4, -0.2) is 20.2 Å². The van der Waals surface area contributed by atoms with E-state index in [-0.39, 0.29) is 16.5 Å². The number of pyridine rings is 1. The first-order valence-corrected chi connectivity index (χ1v) is 12.3. The van der Waals surface area contributed by atoms with Gasteiger partial charge in [0.25, 0.3) is 5.92 Å². The first kappa shape index (κ1) is 28.6. The second kappa shape index (κ2) is 10.6. The zero-order valence-electron chi connectivity index (χ0n) is 22.0. The normalized spacial score (nSPS) is 14.1. The third-order valence-corrected chi connectivity index (χ3v) is 6.92. The second-order valence-corrected chi connectivity index (χ2v) is 9.42. The summed E-state index contributed by atoms with van der Waals surface area (Å²) in [5.74, 6) is -3.70. The molecule has 9 heteroatoms. The summed E-state index contributed by atoms with van der Waals surface area (Å²) in [6.07, 6.45) is 1.06. The lowest BCUT2D eigenvalue weighted by Gasteiger charge is -2.31.